The van der Waals surface area contributed by atoms with Crippen LogP contribution in [0.2, 0.25) is 0 Å². The highest BCUT2D eigenvalue weighted by molar-refractivity contribution is 6.16. The monoisotopic (exact) mass is 738 g/mol. The number of anilines is 3. The molecular formula is C56H38N2. The molecule has 272 valence electrons. The van der Waals surface area contributed by atoms with Gasteiger partial charge in [-0.25, -0.2) is 0 Å². The maximum Gasteiger partial charge on any atom is 0.0562 e. The van der Waals surface area contributed by atoms with Crippen LogP contribution in [0, 0.1) is 0 Å². The Morgan fingerprint density at radius 1 is 0.293 bits per heavy atom. The van der Waals surface area contributed by atoms with Crippen LogP contribution in [0.1, 0.15) is 0 Å². The Bertz CT molecular complexity index is 3240. The van der Waals surface area contributed by atoms with E-state index in [1.54, 1.807) is 0 Å². The lowest BCUT2D eigenvalue weighted by Crippen LogP contribution is -2.10. The van der Waals surface area contributed by atoms with E-state index in [4.69, 9.17) is 0 Å². The van der Waals surface area contributed by atoms with Crippen molar-refractivity contribution in [1.82, 2.24) is 4.57 Å². The first-order valence-electron chi connectivity index (χ1n) is 19.9. The zero-order valence-electron chi connectivity index (χ0n) is 31.8. The van der Waals surface area contributed by atoms with Crippen molar-refractivity contribution in [2.75, 3.05) is 4.90 Å². The minimum atomic E-state index is 1.09. The number of fused-ring (bicyclic) bond motifs is 5. The first-order chi connectivity index (χ1) is 28.8. The number of benzene rings is 10. The van der Waals surface area contributed by atoms with E-state index in [2.05, 4.69) is 240 Å². The zero-order valence-corrected chi connectivity index (χ0v) is 31.8. The van der Waals surface area contributed by atoms with Gasteiger partial charge in [-0.15, -0.1) is 0 Å². The van der Waals surface area contributed by atoms with Gasteiger partial charge in [-0.3, -0.25) is 0 Å². The summed E-state index contributed by atoms with van der Waals surface area (Å²) in [6, 6.07) is 83.6. The second-order valence-corrected chi connectivity index (χ2v) is 14.9. The van der Waals surface area contributed by atoms with Gasteiger partial charge in [0.2, 0.25) is 0 Å². The van der Waals surface area contributed by atoms with Crippen molar-refractivity contribution >= 4 is 60.4 Å². The average molecular weight is 739 g/mol. The van der Waals surface area contributed by atoms with E-state index < -0.39 is 0 Å². The summed E-state index contributed by atoms with van der Waals surface area (Å²) < 4.78 is 2.39. The van der Waals surface area contributed by atoms with E-state index in [0.717, 1.165) is 22.7 Å². The normalized spacial score (nSPS) is 11.4. The molecule has 10 aromatic carbocycles. The standard InChI is InChI=1S/C56H38N2/c1-3-15-40(16-4-1)49-26-12-19-43-20-13-27-50(55(43)49)42-33-37-46(38-34-42)57(45-35-31-41(32-36-45)48-25-11-18-39-17-7-8-23-47(39)48)53-29-14-30-54-56(53)51-24-9-10-28-52(51)58(54)44-21-5-2-6-22-44/h1-38H. The maximum absolute atomic E-state index is 2.43. The quantitative estimate of drug-likeness (QED) is 0.158. The van der Waals surface area contributed by atoms with Crippen molar-refractivity contribution in [1.29, 1.82) is 0 Å². The van der Waals surface area contributed by atoms with Crippen LogP contribution in [0.25, 0.3) is 82.4 Å². The number of para-hydroxylation sites is 2. The first kappa shape index (κ1) is 33.6. The van der Waals surface area contributed by atoms with Crippen molar-refractivity contribution in [3.8, 4) is 39.1 Å². The third-order valence-corrected chi connectivity index (χ3v) is 11.6. The molecule has 0 aliphatic rings. The van der Waals surface area contributed by atoms with Crippen molar-refractivity contribution in [3.05, 3.63) is 231 Å². The molecule has 0 unspecified atom stereocenters. The van der Waals surface area contributed by atoms with Gasteiger partial charge in [-0.05, 0) is 110 Å². The molecule has 1 heterocycles. The molecule has 0 fully saturated rings. The lowest BCUT2D eigenvalue weighted by Gasteiger charge is -2.27. The van der Waals surface area contributed by atoms with Crippen LogP contribution in [0.15, 0.2) is 231 Å². The van der Waals surface area contributed by atoms with Crippen molar-refractivity contribution in [2.45, 2.75) is 0 Å². The Kier molecular flexibility index (Phi) is 8.19. The van der Waals surface area contributed by atoms with E-state index in [0.29, 0.717) is 0 Å². The van der Waals surface area contributed by atoms with E-state index in [9.17, 15) is 0 Å². The maximum atomic E-state index is 2.43. The van der Waals surface area contributed by atoms with Crippen LogP contribution >= 0.6 is 0 Å². The van der Waals surface area contributed by atoms with Crippen LogP contribution in [0.3, 0.4) is 0 Å². The van der Waals surface area contributed by atoms with E-state index in [-0.39, 0.29) is 0 Å². The van der Waals surface area contributed by atoms with Crippen LogP contribution in [-0.2, 0) is 0 Å². The second kappa shape index (κ2) is 14.1. The summed E-state index contributed by atoms with van der Waals surface area (Å²) in [6.45, 7) is 0. The summed E-state index contributed by atoms with van der Waals surface area (Å²) in [7, 11) is 0. The number of nitrogens with zero attached hydrogens (tertiary/aromatic N) is 2. The molecule has 2 nitrogen and oxygen atoms in total. The second-order valence-electron chi connectivity index (χ2n) is 14.9. The Hall–Kier alpha value is -7.68. The van der Waals surface area contributed by atoms with Gasteiger partial charge in [-0.1, -0.05) is 176 Å². The van der Waals surface area contributed by atoms with Gasteiger partial charge < -0.3 is 9.47 Å². The molecule has 0 saturated heterocycles. The summed E-state index contributed by atoms with van der Waals surface area (Å²) in [6.07, 6.45) is 0. The summed E-state index contributed by atoms with van der Waals surface area (Å²) >= 11 is 0. The topological polar surface area (TPSA) is 8.17 Å². The minimum absolute atomic E-state index is 1.09. The molecule has 0 radical (unpaired) electrons. The molecule has 0 spiro atoms. The highest BCUT2D eigenvalue weighted by atomic mass is 15.1. The van der Waals surface area contributed by atoms with Crippen LogP contribution < -0.4 is 4.90 Å². The molecule has 0 bridgehead atoms. The molecule has 11 aromatic rings. The van der Waals surface area contributed by atoms with Gasteiger partial charge in [0.15, 0.2) is 0 Å². The molecule has 0 aliphatic carbocycles. The van der Waals surface area contributed by atoms with Crippen molar-refractivity contribution < 1.29 is 0 Å². The van der Waals surface area contributed by atoms with Gasteiger partial charge in [0.05, 0.1) is 16.7 Å². The first-order valence-corrected chi connectivity index (χ1v) is 19.9. The van der Waals surface area contributed by atoms with Gasteiger partial charge in [0.1, 0.15) is 0 Å². The molecule has 2 heteroatoms. The van der Waals surface area contributed by atoms with Gasteiger partial charge >= 0.3 is 0 Å². The molecule has 11 rings (SSSR count). The predicted octanol–water partition coefficient (Wildman–Crippen LogP) is 15.6. The molecule has 0 aliphatic heterocycles. The molecule has 0 saturated carbocycles. The van der Waals surface area contributed by atoms with Crippen LogP contribution in [-0.4, -0.2) is 4.57 Å². The van der Waals surface area contributed by atoms with Gasteiger partial charge in [0.25, 0.3) is 0 Å². The molecule has 1 aromatic heterocycles. The highest BCUT2D eigenvalue weighted by Gasteiger charge is 2.21. The zero-order chi connectivity index (χ0) is 38.4. The third-order valence-electron chi connectivity index (χ3n) is 11.6. The van der Waals surface area contributed by atoms with Gasteiger partial charge in [-0.2, -0.15) is 0 Å². The summed E-state index contributed by atoms with van der Waals surface area (Å²) in [5.74, 6) is 0. The van der Waals surface area contributed by atoms with E-state index in [1.165, 1.54) is 76.7 Å². The number of hydrogen-bond acceptors (Lipinski definition) is 1. The molecule has 0 amide bonds. The molecule has 0 N–H and O–H groups in total. The van der Waals surface area contributed by atoms with Crippen molar-refractivity contribution in [3.63, 3.8) is 0 Å². The number of rotatable bonds is 7. The van der Waals surface area contributed by atoms with E-state index in [1.807, 2.05) is 0 Å². The third kappa shape index (κ3) is 5.66. The SMILES string of the molecule is c1ccc(-c2cccc3cccc(-c4ccc(N(c5ccc(-c6cccc7ccccc67)cc5)c5cccc6c5c5ccccc5n6-c5ccccc5)cc4)c23)cc1. The lowest BCUT2D eigenvalue weighted by atomic mass is 9.91. The number of aromatic nitrogens is 1. The summed E-state index contributed by atoms with van der Waals surface area (Å²) in [5.41, 5.74) is 14.1. The molecule has 58 heavy (non-hydrogen) atoms. The smallest absolute Gasteiger partial charge is 0.0562 e. The van der Waals surface area contributed by atoms with Crippen LogP contribution in [0.4, 0.5) is 17.1 Å². The Morgan fingerprint density at radius 2 is 0.776 bits per heavy atom. The Balaban J connectivity index is 1.10. The predicted molar refractivity (Wildman–Crippen MR) is 247 cm³/mol. The summed E-state index contributed by atoms with van der Waals surface area (Å²) in [4.78, 5) is 2.43. The fourth-order valence-electron chi connectivity index (χ4n) is 8.97. The summed E-state index contributed by atoms with van der Waals surface area (Å²) in [5, 5.41) is 7.43. The lowest BCUT2D eigenvalue weighted by molar-refractivity contribution is 1.18. The van der Waals surface area contributed by atoms with E-state index >= 15 is 0 Å². The molecule has 0 atom stereocenters. The Labute approximate surface area is 338 Å². The molecular weight excluding hydrogens is 701 g/mol. The van der Waals surface area contributed by atoms with Crippen LogP contribution in [0.5, 0.6) is 0 Å². The Morgan fingerprint density at radius 3 is 1.47 bits per heavy atom. The highest BCUT2D eigenvalue weighted by Crippen LogP contribution is 2.45. The van der Waals surface area contributed by atoms with Crippen molar-refractivity contribution in [2.24, 2.45) is 0 Å². The average Bonchev–Trinajstić information content (AvgIpc) is 3.65. The van der Waals surface area contributed by atoms with Gasteiger partial charge in [0, 0.05) is 27.8 Å². The fourth-order valence-corrected chi connectivity index (χ4v) is 8.97. The largest absolute Gasteiger partial charge is 0.310 e. The minimum Gasteiger partial charge on any atom is -0.310 e. The number of hydrogen-bond donors (Lipinski definition) is 0. The fraction of sp³-hybridized carbons (Fsp3) is 0.